The van der Waals surface area contributed by atoms with Crippen molar-refractivity contribution < 1.29 is 27.5 Å². The van der Waals surface area contributed by atoms with Crippen LogP contribution in [0.25, 0.3) is 0 Å². The molecule has 0 aliphatic carbocycles. The van der Waals surface area contributed by atoms with Crippen LogP contribution in [0.3, 0.4) is 0 Å². The van der Waals surface area contributed by atoms with Crippen molar-refractivity contribution in [2.75, 3.05) is 6.61 Å². The van der Waals surface area contributed by atoms with Gasteiger partial charge >= 0.3 is 11.9 Å². The van der Waals surface area contributed by atoms with Gasteiger partial charge in [-0.05, 0) is 76.8 Å². The molecule has 0 aromatic heterocycles. The average molecular weight is 844 g/mol. The first kappa shape index (κ1) is 54.6. The molecule has 1 unspecified atom stereocenters. The van der Waals surface area contributed by atoms with E-state index in [0.717, 1.165) is 69.8 Å². The third-order valence-electron chi connectivity index (χ3n) is 12.0. The fourth-order valence-electron chi connectivity index (χ4n) is 8.06. The lowest BCUT2D eigenvalue weighted by Crippen LogP contribution is -2.37. The summed E-state index contributed by atoms with van der Waals surface area (Å²) in [6, 6.07) is 9.08. The van der Waals surface area contributed by atoms with Gasteiger partial charge in [-0.2, -0.15) is 5.26 Å². The first-order chi connectivity index (χ1) is 28.7. The number of aryl methyl sites for hydroxylation is 1. The van der Waals surface area contributed by atoms with Crippen molar-refractivity contribution in [3.63, 3.8) is 0 Å². The van der Waals surface area contributed by atoms with Crippen molar-refractivity contribution in [3.05, 3.63) is 29.8 Å². The van der Waals surface area contributed by atoms with Gasteiger partial charge in [0.25, 0.3) is 0 Å². The first-order valence-corrected chi connectivity index (χ1v) is 26.2. The summed E-state index contributed by atoms with van der Waals surface area (Å²) < 4.78 is 38.1. The van der Waals surface area contributed by atoms with E-state index in [0.29, 0.717) is 45.1 Å². The first-order valence-electron chi connectivity index (χ1n) is 24.7. The number of carbonyl (C=O) groups excluding carboxylic acids is 2. The molecule has 0 saturated heterocycles. The second-order valence-electron chi connectivity index (χ2n) is 17.5. The van der Waals surface area contributed by atoms with Crippen LogP contribution in [0.2, 0.25) is 0 Å². The maximum Gasteiger partial charge on any atom is 0.306 e. The minimum Gasteiger partial charge on any atom is -0.466 e. The minimum absolute atomic E-state index is 0.0256. The molecule has 0 bridgehead atoms. The lowest BCUT2D eigenvalue weighted by molar-refractivity contribution is -0.150. The highest BCUT2D eigenvalue weighted by Crippen LogP contribution is 2.36. The molecular formula is C51H89NO6S. The number of nitrogens with zero attached hydrogens (tertiary/aromatic N) is 1. The SMILES string of the molecule is CCCCCCCCCCCOC(=O)CCCCCC(C#N)(CCCCCCCC(=O)OC(CCCCCCCC)CCCCCCCC)S(=O)(=O)c1ccc(C)cc1. The van der Waals surface area contributed by atoms with Crippen LogP contribution in [-0.4, -0.2) is 37.8 Å². The summed E-state index contributed by atoms with van der Waals surface area (Å²) in [6.45, 7) is 9.09. The molecule has 0 radical (unpaired) electrons. The summed E-state index contributed by atoms with van der Waals surface area (Å²) in [5.41, 5.74) is 0.964. The van der Waals surface area contributed by atoms with Crippen LogP contribution in [0.15, 0.2) is 29.2 Å². The van der Waals surface area contributed by atoms with E-state index in [1.807, 2.05) is 6.92 Å². The third-order valence-corrected chi connectivity index (χ3v) is 14.5. The molecule has 0 aliphatic rings. The highest BCUT2D eigenvalue weighted by Gasteiger charge is 2.44. The summed E-state index contributed by atoms with van der Waals surface area (Å²) >= 11 is 0. The molecule has 0 spiro atoms. The zero-order valence-electron chi connectivity index (χ0n) is 38.6. The van der Waals surface area contributed by atoms with E-state index in [2.05, 4.69) is 26.8 Å². The Morgan fingerprint density at radius 1 is 0.559 bits per heavy atom. The molecule has 1 aromatic rings. The largest absolute Gasteiger partial charge is 0.466 e. The second kappa shape index (κ2) is 36.3. The quantitative estimate of drug-likeness (QED) is 0.0477. The fourth-order valence-corrected chi connectivity index (χ4v) is 9.95. The molecule has 340 valence electrons. The van der Waals surface area contributed by atoms with Crippen LogP contribution < -0.4 is 0 Å². The molecule has 0 heterocycles. The zero-order chi connectivity index (χ0) is 43.3. The molecule has 0 aliphatic heterocycles. The van der Waals surface area contributed by atoms with Crippen molar-refractivity contribution in [3.8, 4) is 6.07 Å². The Hall–Kier alpha value is -2.40. The van der Waals surface area contributed by atoms with E-state index < -0.39 is 14.6 Å². The van der Waals surface area contributed by atoms with Crippen molar-refractivity contribution in [1.29, 1.82) is 5.26 Å². The molecule has 1 aromatic carbocycles. The van der Waals surface area contributed by atoms with Gasteiger partial charge in [-0.3, -0.25) is 9.59 Å². The zero-order valence-corrected chi connectivity index (χ0v) is 39.5. The standard InChI is InChI=1S/C51H89NO6S/c1-5-8-11-14-17-18-19-25-33-44-57-49(53)36-30-26-32-43-51(45-52,59(55,56)48-40-38-46(4)39-41-48)42-31-24-20-23-29-37-50(54)58-47(34-27-21-15-12-9-6-2)35-28-22-16-13-10-7-3/h38-41,47H,5-37,42-44H2,1-4H3. The maximum atomic E-state index is 14.1. The van der Waals surface area contributed by atoms with E-state index in [4.69, 9.17) is 9.47 Å². The smallest absolute Gasteiger partial charge is 0.306 e. The Morgan fingerprint density at radius 3 is 1.42 bits per heavy atom. The lowest BCUT2D eigenvalue weighted by Gasteiger charge is -2.27. The number of benzene rings is 1. The van der Waals surface area contributed by atoms with E-state index in [1.165, 1.54) is 109 Å². The van der Waals surface area contributed by atoms with Crippen LogP contribution in [0.4, 0.5) is 0 Å². The molecule has 8 heteroatoms. The predicted molar refractivity (Wildman–Crippen MR) is 246 cm³/mol. The van der Waals surface area contributed by atoms with Gasteiger partial charge in [0, 0.05) is 12.8 Å². The Bertz CT molecular complexity index is 1310. The van der Waals surface area contributed by atoms with Gasteiger partial charge in [-0.1, -0.05) is 193 Å². The maximum absolute atomic E-state index is 14.1. The van der Waals surface area contributed by atoms with Crippen LogP contribution in [-0.2, 0) is 28.9 Å². The number of ether oxygens (including phenoxy) is 2. The number of sulfone groups is 1. The van der Waals surface area contributed by atoms with E-state index in [-0.39, 0.29) is 35.8 Å². The molecule has 0 amide bonds. The predicted octanol–water partition coefficient (Wildman–Crippen LogP) is 15.2. The third kappa shape index (κ3) is 26.5. The van der Waals surface area contributed by atoms with Crippen LogP contribution in [0.1, 0.15) is 251 Å². The van der Waals surface area contributed by atoms with E-state index in [1.54, 1.807) is 24.3 Å². The van der Waals surface area contributed by atoms with Gasteiger partial charge in [-0.15, -0.1) is 0 Å². The highest BCUT2D eigenvalue weighted by atomic mass is 32.2. The number of esters is 2. The minimum atomic E-state index is -3.92. The Labute approximate surface area is 363 Å². The van der Waals surface area contributed by atoms with Crippen LogP contribution in [0, 0.1) is 18.3 Å². The van der Waals surface area contributed by atoms with Gasteiger partial charge in [0.1, 0.15) is 6.10 Å². The Balaban J connectivity index is 2.55. The fraction of sp³-hybridized carbons (Fsp3) is 0.824. The Kier molecular flexibility index (Phi) is 33.6. The van der Waals surface area contributed by atoms with Gasteiger partial charge in [-0.25, -0.2) is 8.42 Å². The van der Waals surface area contributed by atoms with Crippen LogP contribution >= 0.6 is 0 Å². The summed E-state index contributed by atoms with van der Waals surface area (Å²) in [7, 11) is -3.92. The number of carbonyl (C=O) groups is 2. The van der Waals surface area contributed by atoms with E-state index >= 15 is 0 Å². The molecule has 1 rings (SSSR count). The highest BCUT2D eigenvalue weighted by molar-refractivity contribution is 7.93. The van der Waals surface area contributed by atoms with Crippen molar-refractivity contribution in [2.24, 2.45) is 0 Å². The number of unbranched alkanes of at least 4 members (excludes halogenated alkanes) is 24. The molecule has 0 N–H and O–H groups in total. The van der Waals surface area contributed by atoms with Gasteiger partial charge in [0.2, 0.25) is 0 Å². The number of hydrogen-bond acceptors (Lipinski definition) is 7. The monoisotopic (exact) mass is 844 g/mol. The van der Waals surface area contributed by atoms with Crippen molar-refractivity contribution in [2.45, 2.75) is 268 Å². The average Bonchev–Trinajstić information content (AvgIpc) is 3.22. The summed E-state index contributed by atoms with van der Waals surface area (Å²) in [5.74, 6) is -0.287. The Morgan fingerprint density at radius 2 is 0.949 bits per heavy atom. The number of rotatable bonds is 41. The van der Waals surface area contributed by atoms with Gasteiger partial charge < -0.3 is 9.47 Å². The normalized spacial score (nSPS) is 12.7. The summed E-state index contributed by atoms with van der Waals surface area (Å²) in [6.07, 6.45) is 34.7. The molecule has 7 nitrogen and oxygen atoms in total. The second-order valence-corrected chi connectivity index (χ2v) is 19.8. The molecular weight excluding hydrogens is 755 g/mol. The molecule has 0 saturated carbocycles. The topological polar surface area (TPSA) is 111 Å². The summed E-state index contributed by atoms with van der Waals surface area (Å²) in [4.78, 5) is 25.4. The van der Waals surface area contributed by atoms with Gasteiger partial charge in [0.05, 0.1) is 17.6 Å². The molecule has 1 atom stereocenters. The van der Waals surface area contributed by atoms with Gasteiger partial charge in [0.15, 0.2) is 14.6 Å². The summed E-state index contributed by atoms with van der Waals surface area (Å²) in [5, 5.41) is 10.5. The van der Waals surface area contributed by atoms with Crippen molar-refractivity contribution in [1.82, 2.24) is 0 Å². The molecule has 0 fully saturated rings. The number of nitriles is 1. The van der Waals surface area contributed by atoms with Crippen LogP contribution in [0.5, 0.6) is 0 Å². The van der Waals surface area contributed by atoms with E-state index in [9.17, 15) is 23.3 Å². The number of hydrogen-bond donors (Lipinski definition) is 0. The van der Waals surface area contributed by atoms with Crippen molar-refractivity contribution >= 4 is 21.8 Å². The lowest BCUT2D eigenvalue weighted by atomic mass is 9.94. The molecule has 59 heavy (non-hydrogen) atoms.